The van der Waals surface area contributed by atoms with E-state index in [9.17, 15) is 32.3 Å². The largest absolute Gasteiger partial charge is 0.451 e. The van der Waals surface area contributed by atoms with Gasteiger partial charge in [0.1, 0.15) is 11.5 Å². The normalized spacial score (nSPS) is 12.5. The summed E-state index contributed by atoms with van der Waals surface area (Å²) in [6.45, 7) is 2.49. The molecule has 156 valence electrons. The Morgan fingerprint density at radius 1 is 1.28 bits per heavy atom. The van der Waals surface area contributed by atoms with Crippen LogP contribution in [0.15, 0.2) is 32.3 Å². The Hall–Kier alpha value is -2.60. The highest BCUT2D eigenvalue weighted by Crippen LogP contribution is 2.30. The van der Waals surface area contributed by atoms with Crippen molar-refractivity contribution in [3.63, 3.8) is 0 Å². The molecule has 1 unspecified atom stereocenters. The number of rotatable bonds is 5. The van der Waals surface area contributed by atoms with E-state index in [2.05, 4.69) is 15.9 Å². The third-order valence-corrected chi connectivity index (χ3v) is 4.63. The number of halogens is 5. The summed E-state index contributed by atoms with van der Waals surface area (Å²) in [4.78, 5) is 48.0. The molecule has 1 aromatic heterocycles. The first-order valence-corrected chi connectivity index (χ1v) is 8.85. The molecule has 13 heteroatoms. The van der Waals surface area contributed by atoms with Crippen LogP contribution in [0.4, 0.5) is 13.2 Å². The van der Waals surface area contributed by atoms with Gasteiger partial charge in [0, 0.05) is 10.5 Å². The Morgan fingerprint density at radius 2 is 1.86 bits per heavy atom. The van der Waals surface area contributed by atoms with Crippen molar-refractivity contribution in [3.8, 4) is 5.69 Å². The number of ketones is 1. The predicted molar refractivity (Wildman–Crippen MR) is 99.4 cm³/mol. The van der Waals surface area contributed by atoms with Gasteiger partial charge in [-0.15, -0.1) is 0 Å². The van der Waals surface area contributed by atoms with Crippen LogP contribution >= 0.6 is 27.5 Å². The third kappa shape index (κ3) is 4.53. The number of hydrogen-bond donors (Lipinski definition) is 1. The molecule has 0 aliphatic carbocycles. The molecule has 0 radical (unpaired) electrons. The van der Waals surface area contributed by atoms with E-state index in [0.29, 0.717) is 0 Å². The van der Waals surface area contributed by atoms with Gasteiger partial charge >= 0.3 is 17.0 Å². The van der Waals surface area contributed by atoms with Crippen molar-refractivity contribution in [3.05, 3.63) is 60.6 Å². The Kier molecular flexibility index (Phi) is 6.28. The monoisotopic (exact) mass is 497 g/mol. The molecule has 8 nitrogen and oxygen atoms in total. The molecule has 0 saturated heterocycles. The van der Waals surface area contributed by atoms with Crippen molar-refractivity contribution < 1.29 is 27.5 Å². The number of carbonyl (C=O) groups is 2. The van der Waals surface area contributed by atoms with Gasteiger partial charge in [0.25, 0.3) is 5.56 Å². The van der Waals surface area contributed by atoms with E-state index in [1.165, 1.54) is 13.8 Å². The molecule has 0 fully saturated rings. The van der Waals surface area contributed by atoms with Gasteiger partial charge in [0.05, 0.1) is 11.3 Å². The lowest BCUT2D eigenvalue weighted by Crippen LogP contribution is -2.45. The van der Waals surface area contributed by atoms with E-state index in [-0.39, 0.29) is 25.3 Å². The molecule has 1 heterocycles. The van der Waals surface area contributed by atoms with Gasteiger partial charge < -0.3 is 10.6 Å². The summed E-state index contributed by atoms with van der Waals surface area (Å²) < 4.78 is 45.9. The molecular weight excluding hydrogens is 487 g/mol. The Balaban J connectivity index is 2.70. The lowest BCUT2D eigenvalue weighted by atomic mass is 10.2. The summed E-state index contributed by atoms with van der Waals surface area (Å²) in [5, 5.41) is -4.14. The molecule has 2 rings (SSSR count). The zero-order chi connectivity index (χ0) is 22.3. The maximum Gasteiger partial charge on any atom is 0.365 e. The molecule has 0 aliphatic rings. The molecule has 0 amide bonds. The van der Waals surface area contributed by atoms with Crippen LogP contribution in [0.25, 0.3) is 5.69 Å². The quantitative estimate of drug-likeness (QED) is 0.383. The predicted octanol–water partition coefficient (Wildman–Crippen LogP) is 2.04. The number of esters is 1. The third-order valence-electron chi connectivity index (χ3n) is 3.78. The number of ether oxygens (including phenoxy) is 1. The summed E-state index contributed by atoms with van der Waals surface area (Å²) >= 11 is 7.74. The highest BCUT2D eigenvalue weighted by molar-refractivity contribution is 9.10. The molecule has 0 saturated carbocycles. The van der Waals surface area contributed by atoms with Crippen molar-refractivity contribution in [1.29, 1.82) is 0 Å². The fourth-order valence-corrected chi connectivity index (χ4v) is 2.79. The number of alkyl halides is 3. The molecule has 2 aromatic rings. The van der Waals surface area contributed by atoms with Crippen LogP contribution in [-0.4, -0.2) is 27.1 Å². The first kappa shape index (κ1) is 22.7. The van der Waals surface area contributed by atoms with Crippen LogP contribution in [0.3, 0.4) is 0 Å². The fourth-order valence-electron chi connectivity index (χ4n) is 2.17. The van der Waals surface area contributed by atoms with E-state index in [1.807, 2.05) is 0 Å². The van der Waals surface area contributed by atoms with Gasteiger partial charge in [0.15, 0.2) is 11.9 Å². The number of aromatic nitrogens is 2. The number of nitrogens with two attached hydrogens (primary N) is 1. The topological polar surface area (TPSA) is 113 Å². The van der Waals surface area contributed by atoms with Crippen molar-refractivity contribution >= 4 is 39.3 Å². The Bertz CT molecular complexity index is 1130. The van der Waals surface area contributed by atoms with Gasteiger partial charge in [-0.2, -0.15) is 8.78 Å². The van der Waals surface area contributed by atoms with Crippen LogP contribution in [0, 0.1) is 5.82 Å². The first-order chi connectivity index (χ1) is 13.3. The maximum absolute atomic E-state index is 14.4. The minimum absolute atomic E-state index is 0.107. The summed E-state index contributed by atoms with van der Waals surface area (Å²) in [5.41, 5.74) is -5.31. The number of nitrogen functional groups attached to an aromatic ring is 1. The SMILES string of the molecule is CC(=O)C(C)OC(=O)c1cc(-n2c(=O)cc(C(F)(F)Cl)n(N)c2=O)c(F)cc1Br. The highest BCUT2D eigenvalue weighted by atomic mass is 79.9. The molecule has 29 heavy (non-hydrogen) atoms. The number of benzene rings is 1. The molecule has 0 bridgehead atoms. The molecule has 0 spiro atoms. The second-order valence-electron chi connectivity index (χ2n) is 5.80. The van der Waals surface area contributed by atoms with E-state index < -0.39 is 51.7 Å². The Labute approximate surface area is 173 Å². The summed E-state index contributed by atoms with van der Waals surface area (Å²) in [5.74, 6) is 2.59. The molecule has 1 atom stereocenters. The second kappa shape index (κ2) is 8.03. The zero-order valence-corrected chi connectivity index (χ0v) is 17.1. The molecule has 0 aliphatic heterocycles. The number of nitrogens with zero attached hydrogens (tertiary/aromatic N) is 2. The van der Waals surface area contributed by atoms with E-state index in [0.717, 1.165) is 12.1 Å². The smallest absolute Gasteiger partial charge is 0.365 e. The molecule has 2 N–H and O–H groups in total. The average molecular weight is 499 g/mol. The van der Waals surface area contributed by atoms with Gasteiger partial charge in [-0.25, -0.2) is 23.2 Å². The van der Waals surface area contributed by atoms with Gasteiger partial charge in [-0.3, -0.25) is 9.59 Å². The van der Waals surface area contributed by atoms with E-state index in [1.54, 1.807) is 0 Å². The number of carbonyl (C=O) groups excluding carboxylic acids is 2. The minimum atomic E-state index is -4.14. The summed E-state index contributed by atoms with van der Waals surface area (Å²) in [6.07, 6.45) is -1.11. The lowest BCUT2D eigenvalue weighted by Gasteiger charge is -2.16. The van der Waals surface area contributed by atoms with Gasteiger partial charge in [-0.05, 0) is 53.5 Å². The van der Waals surface area contributed by atoms with Crippen LogP contribution in [0.2, 0.25) is 0 Å². The van der Waals surface area contributed by atoms with Crippen molar-refractivity contribution in [2.45, 2.75) is 25.3 Å². The maximum atomic E-state index is 14.4. The van der Waals surface area contributed by atoms with Crippen LogP contribution in [0.5, 0.6) is 0 Å². The average Bonchev–Trinajstić information content (AvgIpc) is 2.58. The zero-order valence-electron chi connectivity index (χ0n) is 14.7. The first-order valence-electron chi connectivity index (χ1n) is 7.68. The second-order valence-corrected chi connectivity index (χ2v) is 7.12. The van der Waals surface area contributed by atoms with Crippen molar-refractivity contribution in [2.75, 3.05) is 5.84 Å². The summed E-state index contributed by atoms with van der Waals surface area (Å²) in [7, 11) is 0. The van der Waals surface area contributed by atoms with E-state index in [4.69, 9.17) is 22.2 Å². The molecule has 1 aromatic carbocycles. The van der Waals surface area contributed by atoms with Crippen LogP contribution in [0.1, 0.15) is 29.9 Å². The molecular formula is C16H12BrClF3N3O5. The highest BCUT2D eigenvalue weighted by Gasteiger charge is 2.33. The van der Waals surface area contributed by atoms with Gasteiger partial charge in [-0.1, -0.05) is 0 Å². The van der Waals surface area contributed by atoms with Crippen molar-refractivity contribution in [2.24, 2.45) is 0 Å². The summed E-state index contributed by atoms with van der Waals surface area (Å²) in [6, 6.07) is 1.78. The van der Waals surface area contributed by atoms with Crippen LogP contribution in [-0.2, 0) is 14.9 Å². The number of hydrogen-bond acceptors (Lipinski definition) is 6. The standard InChI is InChI=1S/C16H12BrClF3N3O5/c1-6(25)7(2)29-14(27)8-3-11(10(19)4-9(8)17)23-13(26)5-12(16(18,20)21)24(22)15(23)28/h3-5,7H,22H2,1-2H3. The van der Waals surface area contributed by atoms with E-state index >= 15 is 0 Å². The lowest BCUT2D eigenvalue weighted by molar-refractivity contribution is -0.124. The van der Waals surface area contributed by atoms with Crippen molar-refractivity contribution in [1.82, 2.24) is 9.24 Å². The number of Topliss-reactive ketones (excluding diaryl/α,β-unsaturated/α-hetero) is 1. The fraction of sp³-hybridized carbons (Fsp3) is 0.250. The minimum Gasteiger partial charge on any atom is -0.451 e. The van der Waals surface area contributed by atoms with Gasteiger partial charge in [0.2, 0.25) is 0 Å². The van der Waals surface area contributed by atoms with Crippen LogP contribution < -0.4 is 17.1 Å². The Morgan fingerprint density at radius 3 is 2.38 bits per heavy atom.